The van der Waals surface area contributed by atoms with E-state index >= 15 is 0 Å². The zero-order chi connectivity index (χ0) is 13.0. The van der Waals surface area contributed by atoms with Gasteiger partial charge in [0.25, 0.3) is 0 Å². The van der Waals surface area contributed by atoms with Crippen molar-refractivity contribution in [3.05, 3.63) is 65.5 Å². The van der Waals surface area contributed by atoms with Crippen molar-refractivity contribution in [3.8, 4) is 0 Å². The van der Waals surface area contributed by atoms with E-state index in [1.165, 1.54) is 12.1 Å². The highest BCUT2D eigenvalue weighted by Crippen LogP contribution is 2.20. The summed E-state index contributed by atoms with van der Waals surface area (Å²) in [7, 11) is 1.88. The molecule has 0 saturated carbocycles. The lowest BCUT2D eigenvalue weighted by Gasteiger charge is -2.21. The lowest BCUT2D eigenvalue weighted by atomic mass is 10.1. The van der Waals surface area contributed by atoms with Crippen molar-refractivity contribution in [1.82, 2.24) is 0 Å². The minimum absolute atomic E-state index is 0.369. The summed E-state index contributed by atoms with van der Waals surface area (Å²) in [5.74, 6) is -0.394. The lowest BCUT2D eigenvalue weighted by molar-refractivity contribution is 0.112. The Kier molecular flexibility index (Phi) is 3.72. The molecule has 0 unspecified atom stereocenters. The van der Waals surface area contributed by atoms with Crippen LogP contribution >= 0.6 is 0 Å². The molecule has 0 radical (unpaired) electrons. The van der Waals surface area contributed by atoms with Gasteiger partial charge in [0.1, 0.15) is 5.82 Å². The molecule has 3 heteroatoms. The van der Waals surface area contributed by atoms with Gasteiger partial charge in [-0.2, -0.15) is 0 Å². The quantitative estimate of drug-likeness (QED) is 0.768. The number of hydrogen-bond donors (Lipinski definition) is 0. The summed E-state index contributed by atoms with van der Waals surface area (Å²) in [6.45, 7) is 0.674. The Labute approximate surface area is 106 Å². The molecule has 2 rings (SSSR count). The molecule has 0 aliphatic rings. The number of anilines is 1. The Hall–Kier alpha value is -2.16. The normalized spacial score (nSPS) is 10.1. The van der Waals surface area contributed by atoms with Gasteiger partial charge in [-0.25, -0.2) is 4.39 Å². The maximum atomic E-state index is 13.0. The van der Waals surface area contributed by atoms with Gasteiger partial charge < -0.3 is 4.90 Å². The zero-order valence-corrected chi connectivity index (χ0v) is 10.1. The van der Waals surface area contributed by atoms with E-state index in [0.717, 1.165) is 11.3 Å². The van der Waals surface area contributed by atoms with Crippen molar-refractivity contribution >= 4 is 12.0 Å². The van der Waals surface area contributed by atoms with Gasteiger partial charge in [-0.1, -0.05) is 30.3 Å². The van der Waals surface area contributed by atoms with Crippen LogP contribution in [0.2, 0.25) is 0 Å². The molecular weight excluding hydrogens is 229 g/mol. The van der Waals surface area contributed by atoms with Crippen LogP contribution < -0.4 is 4.90 Å². The van der Waals surface area contributed by atoms with E-state index in [0.29, 0.717) is 18.4 Å². The van der Waals surface area contributed by atoms with E-state index < -0.39 is 5.82 Å². The number of aldehydes is 1. The predicted octanol–water partition coefficient (Wildman–Crippen LogP) is 3.27. The second-order valence-corrected chi connectivity index (χ2v) is 4.16. The Morgan fingerprint density at radius 2 is 1.89 bits per heavy atom. The summed E-state index contributed by atoms with van der Waals surface area (Å²) in [6, 6.07) is 14.2. The van der Waals surface area contributed by atoms with Crippen LogP contribution in [0.5, 0.6) is 0 Å². The van der Waals surface area contributed by atoms with Crippen LogP contribution in [-0.2, 0) is 6.54 Å². The van der Waals surface area contributed by atoms with Crippen molar-refractivity contribution in [3.63, 3.8) is 0 Å². The second kappa shape index (κ2) is 5.45. The highest BCUT2D eigenvalue weighted by molar-refractivity contribution is 5.84. The van der Waals surface area contributed by atoms with E-state index in [2.05, 4.69) is 0 Å². The summed E-state index contributed by atoms with van der Waals surface area (Å²) in [4.78, 5) is 12.9. The maximum absolute atomic E-state index is 13.0. The molecule has 0 atom stereocenters. The number of carbonyl (C=O) groups excluding carboxylic acids is 1. The smallest absolute Gasteiger partial charge is 0.152 e. The third kappa shape index (κ3) is 2.74. The fourth-order valence-corrected chi connectivity index (χ4v) is 1.91. The summed E-state index contributed by atoms with van der Waals surface area (Å²) >= 11 is 0. The van der Waals surface area contributed by atoms with Crippen molar-refractivity contribution in [2.24, 2.45) is 0 Å². The van der Waals surface area contributed by atoms with E-state index in [4.69, 9.17) is 0 Å². The molecule has 0 saturated heterocycles. The Morgan fingerprint density at radius 3 is 2.56 bits per heavy atom. The maximum Gasteiger partial charge on any atom is 0.152 e. The van der Waals surface area contributed by atoms with Crippen LogP contribution in [0, 0.1) is 5.82 Å². The molecule has 0 fully saturated rings. The topological polar surface area (TPSA) is 20.3 Å². The van der Waals surface area contributed by atoms with Crippen molar-refractivity contribution in [2.45, 2.75) is 6.54 Å². The van der Waals surface area contributed by atoms with Crippen LogP contribution in [0.4, 0.5) is 10.1 Å². The zero-order valence-electron chi connectivity index (χ0n) is 10.1. The van der Waals surface area contributed by atoms with Gasteiger partial charge in [0.15, 0.2) is 6.29 Å². The molecule has 2 aromatic carbocycles. The van der Waals surface area contributed by atoms with Gasteiger partial charge in [-0.15, -0.1) is 0 Å². The molecule has 0 heterocycles. The van der Waals surface area contributed by atoms with E-state index in [9.17, 15) is 9.18 Å². The van der Waals surface area contributed by atoms with Gasteiger partial charge in [0, 0.05) is 24.8 Å². The molecule has 0 aliphatic carbocycles. The molecular formula is C15H14FNO. The van der Waals surface area contributed by atoms with E-state index in [-0.39, 0.29) is 0 Å². The van der Waals surface area contributed by atoms with Crippen LogP contribution in [0.1, 0.15) is 15.9 Å². The highest BCUT2D eigenvalue weighted by Gasteiger charge is 2.08. The predicted molar refractivity (Wildman–Crippen MR) is 70.3 cm³/mol. The van der Waals surface area contributed by atoms with Gasteiger partial charge in [0.05, 0.1) is 0 Å². The first-order chi connectivity index (χ1) is 8.70. The average Bonchev–Trinajstić information content (AvgIpc) is 2.39. The largest absolute Gasteiger partial charge is 0.370 e. The van der Waals surface area contributed by atoms with Crippen LogP contribution in [0.3, 0.4) is 0 Å². The average molecular weight is 243 g/mol. The van der Waals surface area contributed by atoms with Crippen molar-refractivity contribution in [1.29, 1.82) is 0 Å². The molecule has 0 amide bonds. The SMILES string of the molecule is CN(Cc1ccccc1)c1ccc(F)cc1C=O. The Morgan fingerprint density at radius 1 is 1.17 bits per heavy atom. The number of benzene rings is 2. The molecule has 2 nitrogen and oxygen atoms in total. The Balaban J connectivity index is 2.23. The van der Waals surface area contributed by atoms with E-state index in [1.807, 2.05) is 42.3 Å². The summed E-state index contributed by atoms with van der Waals surface area (Å²) < 4.78 is 13.0. The van der Waals surface area contributed by atoms with Crippen molar-refractivity contribution < 1.29 is 9.18 Å². The van der Waals surface area contributed by atoms with Crippen LogP contribution in [-0.4, -0.2) is 13.3 Å². The standard InChI is InChI=1S/C15H14FNO/c1-17(10-12-5-3-2-4-6-12)15-8-7-14(16)9-13(15)11-18/h2-9,11H,10H2,1H3. The number of rotatable bonds is 4. The number of nitrogens with zero attached hydrogens (tertiary/aromatic N) is 1. The van der Waals surface area contributed by atoms with Crippen LogP contribution in [0.15, 0.2) is 48.5 Å². The monoisotopic (exact) mass is 243 g/mol. The molecule has 2 aromatic rings. The molecule has 92 valence electrons. The first-order valence-corrected chi connectivity index (χ1v) is 5.70. The molecule has 0 aliphatic heterocycles. The summed E-state index contributed by atoms with van der Waals surface area (Å²) in [5, 5.41) is 0. The number of halogens is 1. The van der Waals surface area contributed by atoms with Gasteiger partial charge >= 0.3 is 0 Å². The molecule has 0 spiro atoms. The minimum Gasteiger partial charge on any atom is -0.370 e. The van der Waals surface area contributed by atoms with Gasteiger partial charge in [-0.05, 0) is 23.8 Å². The van der Waals surface area contributed by atoms with Gasteiger partial charge in [-0.3, -0.25) is 4.79 Å². The van der Waals surface area contributed by atoms with Crippen LogP contribution in [0.25, 0.3) is 0 Å². The van der Waals surface area contributed by atoms with E-state index in [1.54, 1.807) is 6.07 Å². The molecule has 0 bridgehead atoms. The third-order valence-corrected chi connectivity index (χ3v) is 2.79. The summed E-state index contributed by atoms with van der Waals surface area (Å²) in [5.41, 5.74) is 2.24. The third-order valence-electron chi connectivity index (χ3n) is 2.79. The Bertz CT molecular complexity index is 539. The first kappa shape index (κ1) is 12.3. The lowest BCUT2D eigenvalue weighted by Crippen LogP contribution is -2.18. The fraction of sp³-hybridized carbons (Fsp3) is 0.133. The molecule has 0 aromatic heterocycles. The number of hydrogen-bond acceptors (Lipinski definition) is 2. The first-order valence-electron chi connectivity index (χ1n) is 5.70. The molecule has 18 heavy (non-hydrogen) atoms. The van der Waals surface area contributed by atoms with Crippen molar-refractivity contribution in [2.75, 3.05) is 11.9 Å². The fourth-order valence-electron chi connectivity index (χ4n) is 1.91. The second-order valence-electron chi connectivity index (χ2n) is 4.16. The molecule has 0 N–H and O–H groups in total. The minimum atomic E-state index is -0.394. The van der Waals surface area contributed by atoms with Gasteiger partial charge in [0.2, 0.25) is 0 Å². The summed E-state index contributed by atoms with van der Waals surface area (Å²) in [6.07, 6.45) is 0.680. The highest BCUT2D eigenvalue weighted by atomic mass is 19.1. The number of carbonyl (C=O) groups is 1.